The largest absolute Gasteiger partial charge is 0.238 e. The van der Waals surface area contributed by atoms with E-state index in [1.54, 1.807) is 0 Å². The van der Waals surface area contributed by atoms with Crippen molar-refractivity contribution in [1.82, 2.24) is 15.0 Å². The summed E-state index contributed by atoms with van der Waals surface area (Å²) in [5, 5.41) is 8.32. The summed E-state index contributed by atoms with van der Waals surface area (Å²) in [5.74, 6) is 0. The van der Waals surface area contributed by atoms with E-state index in [0.717, 1.165) is 23.9 Å². The Hall–Kier alpha value is -1.64. The second kappa shape index (κ2) is 4.26. The van der Waals surface area contributed by atoms with Crippen LogP contribution in [0.2, 0.25) is 0 Å². The van der Waals surface area contributed by atoms with E-state index in [4.69, 9.17) is 0 Å². The Balaban J connectivity index is 2.46. The molecule has 0 fully saturated rings. The van der Waals surface area contributed by atoms with Gasteiger partial charge in [0.25, 0.3) is 0 Å². The van der Waals surface area contributed by atoms with Gasteiger partial charge in [-0.2, -0.15) is 0 Å². The van der Waals surface area contributed by atoms with Gasteiger partial charge in [0.15, 0.2) is 0 Å². The number of aromatic nitrogens is 3. The van der Waals surface area contributed by atoms with Crippen LogP contribution in [0.3, 0.4) is 0 Å². The number of rotatable bonds is 4. The number of benzene rings is 1. The number of para-hydroxylation sites is 1. The lowest BCUT2D eigenvalue weighted by Gasteiger charge is -2.11. The van der Waals surface area contributed by atoms with Crippen molar-refractivity contribution in [1.29, 1.82) is 0 Å². The van der Waals surface area contributed by atoms with Gasteiger partial charge < -0.3 is 0 Å². The lowest BCUT2D eigenvalue weighted by molar-refractivity contribution is 0.498. The fraction of sp³-hybridized carbons (Fsp3) is 0.333. The molecule has 78 valence electrons. The molecule has 0 N–H and O–H groups in total. The highest BCUT2D eigenvalue weighted by atomic mass is 15.4. The Morgan fingerprint density at radius 3 is 3.00 bits per heavy atom. The van der Waals surface area contributed by atoms with Gasteiger partial charge in [0.2, 0.25) is 0 Å². The Labute approximate surface area is 89.4 Å². The van der Waals surface area contributed by atoms with Crippen LogP contribution in [0.5, 0.6) is 0 Å². The van der Waals surface area contributed by atoms with Gasteiger partial charge in [-0.25, -0.2) is 4.68 Å². The molecule has 0 aliphatic rings. The molecule has 3 nitrogen and oxygen atoms in total. The van der Waals surface area contributed by atoms with Crippen molar-refractivity contribution < 1.29 is 0 Å². The molecule has 2 rings (SSSR count). The molecule has 0 aliphatic carbocycles. The normalized spacial score (nSPS) is 12.9. The number of fused-ring (bicyclic) bond motifs is 1. The smallest absolute Gasteiger partial charge is 0.113 e. The minimum absolute atomic E-state index is 0.252. The van der Waals surface area contributed by atoms with Crippen LogP contribution in [0, 0.1) is 0 Å². The molecule has 0 spiro atoms. The van der Waals surface area contributed by atoms with E-state index in [0.29, 0.717) is 0 Å². The van der Waals surface area contributed by atoms with E-state index in [2.05, 4.69) is 23.8 Å². The zero-order valence-electron chi connectivity index (χ0n) is 8.93. The van der Waals surface area contributed by atoms with E-state index in [1.807, 2.05) is 35.0 Å². The molecule has 0 radical (unpaired) electrons. The third-order valence-electron chi connectivity index (χ3n) is 2.55. The zero-order valence-corrected chi connectivity index (χ0v) is 8.93. The van der Waals surface area contributed by atoms with Crippen LogP contribution in [0.15, 0.2) is 36.9 Å². The summed E-state index contributed by atoms with van der Waals surface area (Å²) >= 11 is 0. The first-order valence-corrected chi connectivity index (χ1v) is 5.29. The molecule has 1 aromatic heterocycles. The summed E-state index contributed by atoms with van der Waals surface area (Å²) in [6.45, 7) is 6.02. The van der Waals surface area contributed by atoms with Crippen LogP contribution >= 0.6 is 0 Å². The van der Waals surface area contributed by atoms with Crippen molar-refractivity contribution in [2.75, 3.05) is 0 Å². The van der Waals surface area contributed by atoms with Crippen molar-refractivity contribution in [2.45, 2.75) is 25.8 Å². The van der Waals surface area contributed by atoms with Crippen LogP contribution in [0.25, 0.3) is 11.0 Å². The molecule has 0 amide bonds. The van der Waals surface area contributed by atoms with Gasteiger partial charge in [-0.1, -0.05) is 36.8 Å². The monoisotopic (exact) mass is 201 g/mol. The molecule has 3 heteroatoms. The maximum atomic E-state index is 4.18. The number of hydrogen-bond acceptors (Lipinski definition) is 2. The minimum atomic E-state index is 0.252. The van der Waals surface area contributed by atoms with E-state index in [-0.39, 0.29) is 6.04 Å². The molecule has 1 heterocycles. The number of nitrogens with zero attached hydrogens (tertiary/aromatic N) is 3. The molecule has 0 saturated heterocycles. The van der Waals surface area contributed by atoms with Crippen molar-refractivity contribution in [3.05, 3.63) is 36.9 Å². The first-order chi connectivity index (χ1) is 7.36. The van der Waals surface area contributed by atoms with E-state index < -0.39 is 0 Å². The Morgan fingerprint density at radius 2 is 2.27 bits per heavy atom. The molecule has 0 bridgehead atoms. The maximum Gasteiger partial charge on any atom is 0.113 e. The highest BCUT2D eigenvalue weighted by Crippen LogP contribution is 2.19. The zero-order chi connectivity index (χ0) is 10.7. The molecule has 15 heavy (non-hydrogen) atoms. The molecule has 1 aromatic carbocycles. The number of hydrogen-bond donors (Lipinski definition) is 0. The Kier molecular flexibility index (Phi) is 2.81. The molecule has 2 aromatic rings. The molecule has 0 saturated carbocycles. The highest BCUT2D eigenvalue weighted by Gasteiger charge is 2.10. The minimum Gasteiger partial charge on any atom is -0.238 e. The summed E-state index contributed by atoms with van der Waals surface area (Å²) in [6, 6.07) is 8.26. The lowest BCUT2D eigenvalue weighted by Crippen LogP contribution is -2.07. The van der Waals surface area contributed by atoms with Crippen molar-refractivity contribution in [2.24, 2.45) is 0 Å². The van der Waals surface area contributed by atoms with Crippen LogP contribution in [0.4, 0.5) is 0 Å². The van der Waals surface area contributed by atoms with Crippen LogP contribution in [0.1, 0.15) is 25.8 Å². The van der Waals surface area contributed by atoms with E-state index >= 15 is 0 Å². The Morgan fingerprint density at radius 1 is 1.47 bits per heavy atom. The standard InChI is InChI=1S/C12H15N3/c1-3-7-10(4-2)15-12-9-6-5-8-11(12)13-14-15/h4-6,8-10H,2-3,7H2,1H3. The maximum absolute atomic E-state index is 4.18. The second-order valence-corrected chi connectivity index (χ2v) is 3.61. The van der Waals surface area contributed by atoms with E-state index in [9.17, 15) is 0 Å². The quantitative estimate of drug-likeness (QED) is 0.712. The first kappa shape index (κ1) is 9.90. The SMILES string of the molecule is C=CC(CCC)n1nnc2ccccc21. The Bertz CT molecular complexity index is 459. The van der Waals surface area contributed by atoms with Crippen LogP contribution in [-0.4, -0.2) is 15.0 Å². The molecule has 1 atom stereocenters. The third-order valence-corrected chi connectivity index (χ3v) is 2.55. The summed E-state index contributed by atoms with van der Waals surface area (Å²) in [5.41, 5.74) is 2.02. The summed E-state index contributed by atoms with van der Waals surface area (Å²) < 4.78 is 1.95. The topological polar surface area (TPSA) is 30.7 Å². The van der Waals surface area contributed by atoms with Gasteiger partial charge in [-0.3, -0.25) is 0 Å². The average molecular weight is 201 g/mol. The van der Waals surface area contributed by atoms with Gasteiger partial charge in [0, 0.05) is 0 Å². The summed E-state index contributed by atoms with van der Waals surface area (Å²) in [6.07, 6.45) is 4.10. The van der Waals surface area contributed by atoms with E-state index in [1.165, 1.54) is 0 Å². The predicted octanol–water partition coefficient (Wildman–Crippen LogP) is 2.96. The molecular formula is C12H15N3. The highest BCUT2D eigenvalue weighted by molar-refractivity contribution is 5.74. The second-order valence-electron chi connectivity index (χ2n) is 3.61. The summed E-state index contributed by atoms with van der Waals surface area (Å²) in [7, 11) is 0. The molecule has 1 unspecified atom stereocenters. The molecule has 0 aliphatic heterocycles. The van der Waals surface area contributed by atoms with Gasteiger partial charge in [0.1, 0.15) is 5.52 Å². The third kappa shape index (κ3) is 1.77. The van der Waals surface area contributed by atoms with Gasteiger partial charge in [-0.05, 0) is 18.6 Å². The van der Waals surface area contributed by atoms with Gasteiger partial charge in [0.05, 0.1) is 11.6 Å². The lowest BCUT2D eigenvalue weighted by atomic mass is 10.1. The first-order valence-electron chi connectivity index (χ1n) is 5.29. The van der Waals surface area contributed by atoms with Crippen molar-refractivity contribution in [3.8, 4) is 0 Å². The fourth-order valence-corrected chi connectivity index (χ4v) is 1.77. The van der Waals surface area contributed by atoms with Crippen LogP contribution < -0.4 is 0 Å². The van der Waals surface area contributed by atoms with Gasteiger partial charge in [-0.15, -0.1) is 11.7 Å². The van der Waals surface area contributed by atoms with Crippen molar-refractivity contribution >= 4 is 11.0 Å². The number of allylic oxidation sites excluding steroid dienone is 1. The van der Waals surface area contributed by atoms with Crippen LogP contribution in [-0.2, 0) is 0 Å². The predicted molar refractivity (Wildman–Crippen MR) is 61.7 cm³/mol. The van der Waals surface area contributed by atoms with Gasteiger partial charge >= 0.3 is 0 Å². The average Bonchev–Trinajstić information content (AvgIpc) is 2.70. The van der Waals surface area contributed by atoms with Crippen molar-refractivity contribution in [3.63, 3.8) is 0 Å². The fourth-order valence-electron chi connectivity index (χ4n) is 1.77. The summed E-state index contributed by atoms with van der Waals surface area (Å²) in [4.78, 5) is 0. The molecular weight excluding hydrogens is 186 g/mol.